The fraction of sp³-hybridized carbons (Fsp3) is 0. The molecule has 7 heteroatoms. The van der Waals surface area contributed by atoms with E-state index in [1.165, 1.54) is 16.2 Å². The molecule has 5 heterocycles. The summed E-state index contributed by atoms with van der Waals surface area (Å²) in [5.41, 5.74) is 9.43. The SMILES string of the molecule is c1ccc(-n2c(-c3ccc4c(c3)c3ccccc3n4-c3cccnc3)nnc2-c2ccc3c4ccccc4n(-c4cccnc4)c3c2)cc1. The van der Waals surface area contributed by atoms with E-state index in [0.717, 1.165) is 67.3 Å². The van der Waals surface area contributed by atoms with Crippen LogP contribution in [0.4, 0.5) is 0 Å². The van der Waals surface area contributed by atoms with Crippen molar-refractivity contribution in [3.63, 3.8) is 0 Å². The summed E-state index contributed by atoms with van der Waals surface area (Å²) < 4.78 is 6.71. The molecule has 0 atom stereocenters. The largest absolute Gasteiger partial charge is 0.308 e. The first-order valence-corrected chi connectivity index (χ1v) is 16.2. The molecule has 0 bridgehead atoms. The summed E-state index contributed by atoms with van der Waals surface area (Å²) in [6, 6.07) is 48.6. The Morgan fingerprint density at radius 1 is 0.347 bits per heavy atom. The maximum absolute atomic E-state index is 4.88. The van der Waals surface area contributed by atoms with Crippen LogP contribution in [0, 0.1) is 0 Å². The van der Waals surface area contributed by atoms with Gasteiger partial charge in [0.15, 0.2) is 11.6 Å². The predicted molar refractivity (Wildman–Crippen MR) is 196 cm³/mol. The summed E-state index contributed by atoms with van der Waals surface area (Å²) in [7, 11) is 0. The number of hydrogen-bond acceptors (Lipinski definition) is 4. The van der Waals surface area contributed by atoms with Crippen LogP contribution in [0.1, 0.15) is 0 Å². The first-order valence-electron chi connectivity index (χ1n) is 16.2. The molecule has 49 heavy (non-hydrogen) atoms. The van der Waals surface area contributed by atoms with Gasteiger partial charge >= 0.3 is 0 Å². The third kappa shape index (κ3) is 4.22. The molecule has 0 amide bonds. The molecular weight excluding hydrogens is 603 g/mol. The molecule has 0 spiro atoms. The summed E-state index contributed by atoms with van der Waals surface area (Å²) in [5, 5.41) is 14.4. The molecule has 5 aromatic heterocycles. The summed E-state index contributed by atoms with van der Waals surface area (Å²) in [4.78, 5) is 8.84. The number of benzene rings is 5. The minimum absolute atomic E-state index is 0.768. The monoisotopic (exact) mass is 629 g/mol. The van der Waals surface area contributed by atoms with Gasteiger partial charge in [0, 0.05) is 50.8 Å². The topological polar surface area (TPSA) is 66.3 Å². The summed E-state index contributed by atoms with van der Waals surface area (Å²) >= 11 is 0. The Bertz CT molecular complexity index is 2810. The molecule has 0 N–H and O–H groups in total. The number of pyridine rings is 2. The summed E-state index contributed by atoms with van der Waals surface area (Å²) in [6.45, 7) is 0. The van der Waals surface area contributed by atoms with Gasteiger partial charge in [-0.15, -0.1) is 10.2 Å². The normalized spacial score (nSPS) is 11.7. The smallest absolute Gasteiger partial charge is 0.168 e. The fourth-order valence-electron chi connectivity index (χ4n) is 7.23. The second kappa shape index (κ2) is 10.9. The molecular formula is C42H27N7. The van der Waals surface area contributed by atoms with E-state index in [-0.39, 0.29) is 0 Å². The Balaban J connectivity index is 1.20. The molecule has 0 aliphatic rings. The van der Waals surface area contributed by atoms with Crippen molar-refractivity contribution in [1.82, 2.24) is 33.9 Å². The zero-order chi connectivity index (χ0) is 32.3. The van der Waals surface area contributed by atoms with Crippen LogP contribution in [0.2, 0.25) is 0 Å². The van der Waals surface area contributed by atoms with Crippen molar-refractivity contribution in [2.45, 2.75) is 0 Å². The molecule has 0 unspecified atom stereocenters. The Morgan fingerprint density at radius 2 is 0.857 bits per heavy atom. The lowest BCUT2D eigenvalue weighted by molar-refractivity contribution is 1.07. The second-order valence-corrected chi connectivity index (χ2v) is 12.1. The Hall–Kier alpha value is -6.86. The molecule has 10 rings (SSSR count). The molecule has 0 aliphatic carbocycles. The molecule has 0 saturated heterocycles. The number of aromatic nitrogens is 7. The van der Waals surface area contributed by atoms with Crippen LogP contribution in [0.5, 0.6) is 0 Å². The van der Waals surface area contributed by atoms with Crippen LogP contribution >= 0.6 is 0 Å². The second-order valence-electron chi connectivity index (χ2n) is 12.1. The Morgan fingerprint density at radius 3 is 1.51 bits per heavy atom. The number of rotatable bonds is 5. The minimum atomic E-state index is 0.768. The van der Waals surface area contributed by atoms with Crippen LogP contribution in [0.15, 0.2) is 164 Å². The lowest BCUT2D eigenvalue weighted by Crippen LogP contribution is -2.01. The first kappa shape index (κ1) is 27.3. The van der Waals surface area contributed by atoms with Gasteiger partial charge in [-0.1, -0.05) is 66.7 Å². The van der Waals surface area contributed by atoms with E-state index in [0.29, 0.717) is 0 Å². The van der Waals surface area contributed by atoms with E-state index in [9.17, 15) is 0 Å². The van der Waals surface area contributed by atoms with E-state index in [1.807, 2.05) is 30.6 Å². The van der Waals surface area contributed by atoms with Crippen molar-refractivity contribution < 1.29 is 0 Å². The zero-order valence-electron chi connectivity index (χ0n) is 26.2. The average Bonchev–Trinajstić information content (AvgIpc) is 3.86. The van der Waals surface area contributed by atoms with Gasteiger partial charge < -0.3 is 9.13 Å². The van der Waals surface area contributed by atoms with E-state index < -0.39 is 0 Å². The van der Waals surface area contributed by atoms with Gasteiger partial charge in [-0.05, 0) is 72.8 Å². The van der Waals surface area contributed by atoms with Crippen LogP contribution in [-0.4, -0.2) is 33.9 Å². The van der Waals surface area contributed by atoms with Crippen LogP contribution in [0.3, 0.4) is 0 Å². The van der Waals surface area contributed by atoms with Crippen molar-refractivity contribution in [2.24, 2.45) is 0 Å². The summed E-state index contributed by atoms with van der Waals surface area (Å²) in [5.74, 6) is 1.54. The van der Waals surface area contributed by atoms with Gasteiger partial charge in [0.1, 0.15) is 0 Å². The molecule has 7 nitrogen and oxygen atoms in total. The van der Waals surface area contributed by atoms with Crippen LogP contribution in [0.25, 0.3) is 83.4 Å². The average molecular weight is 630 g/mol. The molecule has 0 radical (unpaired) electrons. The zero-order valence-corrected chi connectivity index (χ0v) is 26.2. The molecule has 5 aromatic carbocycles. The highest BCUT2D eigenvalue weighted by Gasteiger charge is 2.21. The molecule has 10 aromatic rings. The van der Waals surface area contributed by atoms with E-state index in [2.05, 4.69) is 145 Å². The minimum Gasteiger partial charge on any atom is -0.308 e. The summed E-state index contributed by atoms with van der Waals surface area (Å²) in [6.07, 6.45) is 7.42. The maximum Gasteiger partial charge on any atom is 0.168 e. The van der Waals surface area contributed by atoms with Gasteiger partial charge in [0.25, 0.3) is 0 Å². The molecule has 0 saturated carbocycles. The Kier molecular flexibility index (Phi) is 6.04. The maximum atomic E-state index is 4.88. The van der Waals surface area contributed by atoms with Crippen LogP contribution in [-0.2, 0) is 0 Å². The Labute approximate surface area is 281 Å². The van der Waals surface area contributed by atoms with Crippen molar-refractivity contribution in [2.75, 3.05) is 0 Å². The quantitative estimate of drug-likeness (QED) is 0.190. The van der Waals surface area contributed by atoms with E-state index >= 15 is 0 Å². The van der Waals surface area contributed by atoms with Crippen molar-refractivity contribution in [1.29, 1.82) is 0 Å². The third-order valence-electron chi connectivity index (χ3n) is 9.35. The highest BCUT2D eigenvalue weighted by Crippen LogP contribution is 2.38. The van der Waals surface area contributed by atoms with Gasteiger partial charge in [-0.3, -0.25) is 14.5 Å². The lowest BCUT2D eigenvalue weighted by atomic mass is 10.1. The number of fused-ring (bicyclic) bond motifs is 6. The highest BCUT2D eigenvalue weighted by atomic mass is 15.3. The standard InChI is InChI=1S/C42H27N7/c1-2-10-30(11-3-1)49-41(28-19-21-39-36(24-28)34-15-5-7-17-38(34)47(39)31-12-8-22-43-26-31)45-46-42(49)29-18-20-35-33-14-4-6-16-37(33)48(40(35)25-29)32-13-9-23-44-27-32/h1-27H. The number of hydrogen-bond donors (Lipinski definition) is 0. The highest BCUT2D eigenvalue weighted by molar-refractivity contribution is 6.11. The van der Waals surface area contributed by atoms with Gasteiger partial charge in [-0.2, -0.15) is 0 Å². The van der Waals surface area contributed by atoms with E-state index in [4.69, 9.17) is 10.2 Å². The fourth-order valence-corrected chi connectivity index (χ4v) is 7.23. The molecule has 0 fully saturated rings. The number of nitrogens with zero attached hydrogens (tertiary/aromatic N) is 7. The third-order valence-corrected chi connectivity index (χ3v) is 9.35. The lowest BCUT2D eigenvalue weighted by Gasteiger charge is -2.12. The van der Waals surface area contributed by atoms with Crippen molar-refractivity contribution in [3.05, 3.63) is 164 Å². The predicted octanol–water partition coefficient (Wildman–Crippen LogP) is 9.59. The van der Waals surface area contributed by atoms with Crippen molar-refractivity contribution >= 4 is 43.6 Å². The molecule has 0 aliphatic heterocycles. The first-order chi connectivity index (χ1) is 24.3. The van der Waals surface area contributed by atoms with Crippen molar-refractivity contribution in [3.8, 4) is 39.8 Å². The molecule has 230 valence electrons. The van der Waals surface area contributed by atoms with Gasteiger partial charge in [0.2, 0.25) is 0 Å². The van der Waals surface area contributed by atoms with Gasteiger partial charge in [0.05, 0.1) is 45.8 Å². The van der Waals surface area contributed by atoms with Crippen LogP contribution < -0.4 is 0 Å². The number of para-hydroxylation sites is 3. The van der Waals surface area contributed by atoms with E-state index in [1.54, 1.807) is 12.4 Å². The van der Waals surface area contributed by atoms with Gasteiger partial charge in [-0.25, -0.2) is 0 Å².